The Bertz CT molecular complexity index is 303. The van der Waals surface area contributed by atoms with Crippen LogP contribution < -0.4 is 10.2 Å². The third kappa shape index (κ3) is 1.87. The monoisotopic (exact) mass is 191 g/mol. The zero-order valence-corrected chi connectivity index (χ0v) is 8.83. The molecule has 76 valence electrons. The van der Waals surface area contributed by atoms with E-state index in [0.29, 0.717) is 6.04 Å². The number of hydrogen-bond acceptors (Lipinski definition) is 3. The summed E-state index contributed by atoms with van der Waals surface area (Å²) < 4.78 is 0. The van der Waals surface area contributed by atoms with Gasteiger partial charge in [-0.05, 0) is 31.5 Å². The normalized spacial score (nSPS) is 21.1. The summed E-state index contributed by atoms with van der Waals surface area (Å²) in [6.45, 7) is 1.12. The van der Waals surface area contributed by atoms with E-state index >= 15 is 0 Å². The molecule has 0 unspecified atom stereocenters. The van der Waals surface area contributed by atoms with Crippen molar-refractivity contribution in [3.8, 4) is 0 Å². The molecule has 0 aliphatic carbocycles. The Kier molecular flexibility index (Phi) is 2.68. The molecule has 0 saturated carbocycles. The zero-order chi connectivity index (χ0) is 9.97. The fourth-order valence-electron chi connectivity index (χ4n) is 1.82. The Labute approximate surface area is 85.1 Å². The van der Waals surface area contributed by atoms with Crippen LogP contribution in [0.15, 0.2) is 18.2 Å². The van der Waals surface area contributed by atoms with E-state index in [1.54, 1.807) is 0 Å². The van der Waals surface area contributed by atoms with Gasteiger partial charge in [-0.1, -0.05) is 6.07 Å². The third-order valence-electron chi connectivity index (χ3n) is 2.63. The van der Waals surface area contributed by atoms with Gasteiger partial charge in [0.1, 0.15) is 5.82 Å². The number of hydrogen-bond donors (Lipinski definition) is 1. The van der Waals surface area contributed by atoms with Crippen LogP contribution in [0.2, 0.25) is 0 Å². The number of rotatable bonds is 2. The molecule has 0 spiro atoms. The second-order valence-electron chi connectivity index (χ2n) is 3.96. The highest BCUT2D eigenvalue weighted by Crippen LogP contribution is 2.22. The number of aromatic nitrogens is 1. The number of nitrogens with zero attached hydrogens (tertiary/aromatic N) is 2. The SMILES string of the molecule is CN(C)c1cccc([C@@H]2CCCN2)n1. The zero-order valence-electron chi connectivity index (χ0n) is 8.83. The van der Waals surface area contributed by atoms with Crippen molar-refractivity contribution in [3.63, 3.8) is 0 Å². The van der Waals surface area contributed by atoms with Crippen molar-refractivity contribution >= 4 is 5.82 Å². The first-order chi connectivity index (χ1) is 6.77. The van der Waals surface area contributed by atoms with Gasteiger partial charge in [0.15, 0.2) is 0 Å². The van der Waals surface area contributed by atoms with Crippen LogP contribution in [0.4, 0.5) is 5.82 Å². The maximum atomic E-state index is 4.62. The Morgan fingerprint density at radius 1 is 1.43 bits per heavy atom. The summed E-state index contributed by atoms with van der Waals surface area (Å²) in [5.74, 6) is 1.04. The molecular formula is C11H17N3. The van der Waals surface area contributed by atoms with Gasteiger partial charge in [0.05, 0.1) is 5.69 Å². The van der Waals surface area contributed by atoms with Gasteiger partial charge < -0.3 is 10.2 Å². The quantitative estimate of drug-likeness (QED) is 0.769. The number of anilines is 1. The summed E-state index contributed by atoms with van der Waals surface area (Å²) in [5, 5.41) is 3.46. The topological polar surface area (TPSA) is 28.2 Å². The lowest BCUT2D eigenvalue weighted by molar-refractivity contribution is 0.627. The van der Waals surface area contributed by atoms with Crippen LogP contribution in [0.3, 0.4) is 0 Å². The van der Waals surface area contributed by atoms with Gasteiger partial charge in [0.25, 0.3) is 0 Å². The Morgan fingerprint density at radius 2 is 2.29 bits per heavy atom. The minimum Gasteiger partial charge on any atom is -0.363 e. The van der Waals surface area contributed by atoms with Crippen molar-refractivity contribution in [1.82, 2.24) is 10.3 Å². The first-order valence-electron chi connectivity index (χ1n) is 5.15. The summed E-state index contributed by atoms with van der Waals surface area (Å²) in [7, 11) is 4.04. The van der Waals surface area contributed by atoms with Gasteiger partial charge in [-0.3, -0.25) is 0 Å². The van der Waals surface area contributed by atoms with E-state index in [-0.39, 0.29) is 0 Å². The summed E-state index contributed by atoms with van der Waals surface area (Å²) >= 11 is 0. The van der Waals surface area contributed by atoms with Crippen molar-refractivity contribution in [2.75, 3.05) is 25.5 Å². The molecule has 14 heavy (non-hydrogen) atoms. The molecule has 3 heteroatoms. The van der Waals surface area contributed by atoms with Crippen molar-refractivity contribution < 1.29 is 0 Å². The van der Waals surface area contributed by atoms with Gasteiger partial charge in [0.2, 0.25) is 0 Å². The van der Waals surface area contributed by atoms with E-state index in [2.05, 4.69) is 22.4 Å². The standard InChI is InChI=1S/C11H17N3/c1-14(2)11-7-3-5-10(13-11)9-6-4-8-12-9/h3,5,7,9,12H,4,6,8H2,1-2H3/t9-/m0/s1. The fourth-order valence-corrected chi connectivity index (χ4v) is 1.82. The second-order valence-corrected chi connectivity index (χ2v) is 3.96. The molecule has 1 aromatic heterocycles. The van der Waals surface area contributed by atoms with Crippen LogP contribution in [0.25, 0.3) is 0 Å². The molecule has 0 radical (unpaired) electrons. The van der Waals surface area contributed by atoms with Gasteiger partial charge >= 0.3 is 0 Å². The first-order valence-corrected chi connectivity index (χ1v) is 5.15. The highest BCUT2D eigenvalue weighted by atomic mass is 15.1. The van der Waals surface area contributed by atoms with Crippen LogP contribution in [0.5, 0.6) is 0 Å². The van der Waals surface area contributed by atoms with Crippen molar-refractivity contribution in [2.24, 2.45) is 0 Å². The first kappa shape index (κ1) is 9.46. The Balaban J connectivity index is 2.21. The van der Waals surface area contributed by atoms with E-state index in [1.807, 2.05) is 25.1 Å². The molecule has 1 atom stereocenters. The highest BCUT2D eigenvalue weighted by Gasteiger charge is 2.17. The number of nitrogens with one attached hydrogen (secondary N) is 1. The van der Waals surface area contributed by atoms with Crippen molar-refractivity contribution in [1.29, 1.82) is 0 Å². The van der Waals surface area contributed by atoms with E-state index in [9.17, 15) is 0 Å². The van der Waals surface area contributed by atoms with Crippen LogP contribution >= 0.6 is 0 Å². The molecule has 0 amide bonds. The lowest BCUT2D eigenvalue weighted by Crippen LogP contribution is -2.16. The largest absolute Gasteiger partial charge is 0.363 e. The molecule has 0 aromatic carbocycles. The van der Waals surface area contributed by atoms with Gasteiger partial charge in [0, 0.05) is 20.1 Å². The van der Waals surface area contributed by atoms with Crippen LogP contribution in [-0.4, -0.2) is 25.6 Å². The summed E-state index contributed by atoms with van der Waals surface area (Å²) in [4.78, 5) is 6.66. The molecule has 3 nitrogen and oxygen atoms in total. The molecular weight excluding hydrogens is 174 g/mol. The lowest BCUT2D eigenvalue weighted by atomic mass is 10.1. The van der Waals surface area contributed by atoms with Gasteiger partial charge in [-0.25, -0.2) is 4.98 Å². The molecule has 2 heterocycles. The van der Waals surface area contributed by atoms with E-state index < -0.39 is 0 Å². The fraction of sp³-hybridized carbons (Fsp3) is 0.545. The average Bonchev–Trinajstić information content (AvgIpc) is 2.71. The van der Waals surface area contributed by atoms with Crippen LogP contribution in [0, 0.1) is 0 Å². The second kappa shape index (κ2) is 3.96. The maximum Gasteiger partial charge on any atom is 0.128 e. The van der Waals surface area contributed by atoms with E-state index in [4.69, 9.17) is 0 Å². The molecule has 1 fully saturated rings. The van der Waals surface area contributed by atoms with Crippen molar-refractivity contribution in [2.45, 2.75) is 18.9 Å². The average molecular weight is 191 g/mol. The van der Waals surface area contributed by atoms with Crippen LogP contribution in [0.1, 0.15) is 24.6 Å². The summed E-state index contributed by atoms with van der Waals surface area (Å²) in [5.41, 5.74) is 1.17. The minimum absolute atomic E-state index is 0.467. The van der Waals surface area contributed by atoms with Gasteiger partial charge in [-0.15, -0.1) is 0 Å². The lowest BCUT2D eigenvalue weighted by Gasteiger charge is -2.15. The number of pyridine rings is 1. The summed E-state index contributed by atoms with van der Waals surface area (Å²) in [6.07, 6.45) is 2.47. The molecule has 0 bridgehead atoms. The highest BCUT2D eigenvalue weighted by molar-refractivity contribution is 5.37. The third-order valence-corrected chi connectivity index (χ3v) is 2.63. The van der Waals surface area contributed by atoms with E-state index in [0.717, 1.165) is 12.4 Å². The minimum atomic E-state index is 0.467. The maximum absolute atomic E-state index is 4.62. The van der Waals surface area contributed by atoms with Crippen LogP contribution in [-0.2, 0) is 0 Å². The molecule has 1 N–H and O–H groups in total. The predicted molar refractivity (Wildman–Crippen MR) is 58.5 cm³/mol. The molecule has 1 aliphatic rings. The molecule has 1 aliphatic heterocycles. The van der Waals surface area contributed by atoms with Gasteiger partial charge in [-0.2, -0.15) is 0 Å². The van der Waals surface area contributed by atoms with Crippen molar-refractivity contribution in [3.05, 3.63) is 23.9 Å². The molecule has 1 saturated heterocycles. The van der Waals surface area contributed by atoms with E-state index in [1.165, 1.54) is 18.5 Å². The molecule has 2 rings (SSSR count). The molecule has 1 aromatic rings. The summed E-state index contributed by atoms with van der Waals surface area (Å²) in [6, 6.07) is 6.70. The smallest absolute Gasteiger partial charge is 0.128 e. The Morgan fingerprint density at radius 3 is 2.93 bits per heavy atom. The Hall–Kier alpha value is -1.09. The predicted octanol–water partition coefficient (Wildman–Crippen LogP) is 1.57.